The lowest BCUT2D eigenvalue weighted by Gasteiger charge is -2.36. The maximum Gasteiger partial charge on any atom is 0.227 e. The molecule has 3 aromatic rings. The van der Waals surface area contributed by atoms with Crippen LogP contribution in [0.5, 0.6) is 0 Å². The minimum Gasteiger partial charge on any atom is -0.370 e. The van der Waals surface area contributed by atoms with Crippen LogP contribution in [-0.4, -0.2) is 42.7 Å². The molecule has 0 spiro atoms. The average molecular weight is 391 g/mol. The van der Waals surface area contributed by atoms with E-state index < -0.39 is 0 Å². The molecule has 2 aromatic carbocycles. The van der Waals surface area contributed by atoms with Crippen LogP contribution in [0.2, 0.25) is 0 Å². The van der Waals surface area contributed by atoms with E-state index in [4.69, 9.17) is 0 Å². The fourth-order valence-electron chi connectivity index (χ4n) is 3.57. The zero-order chi connectivity index (χ0) is 19.9. The molecule has 5 nitrogen and oxygen atoms in total. The van der Waals surface area contributed by atoms with Gasteiger partial charge in [-0.1, -0.05) is 30.3 Å². The number of rotatable bonds is 7. The third kappa shape index (κ3) is 5.22. The zero-order valence-corrected chi connectivity index (χ0v) is 16.5. The van der Waals surface area contributed by atoms with E-state index in [1.807, 2.05) is 30.5 Å². The summed E-state index contributed by atoms with van der Waals surface area (Å²) in [6, 6.07) is 19.1. The van der Waals surface area contributed by atoms with Gasteiger partial charge in [0.15, 0.2) is 0 Å². The monoisotopic (exact) mass is 391 g/mol. The van der Waals surface area contributed by atoms with Crippen LogP contribution < -0.4 is 15.1 Å². The Balaban J connectivity index is 1.27. The summed E-state index contributed by atoms with van der Waals surface area (Å²) in [6.07, 6.45) is 3.92. The first-order valence-corrected chi connectivity index (χ1v) is 10.1. The number of aromatic nitrogens is 2. The van der Waals surface area contributed by atoms with E-state index in [1.165, 1.54) is 17.7 Å². The number of nitrogens with one attached hydrogen (secondary N) is 1. The molecule has 0 saturated carbocycles. The largest absolute Gasteiger partial charge is 0.370 e. The van der Waals surface area contributed by atoms with Gasteiger partial charge in [-0.3, -0.25) is 0 Å². The van der Waals surface area contributed by atoms with E-state index >= 15 is 0 Å². The normalized spacial score (nSPS) is 14.1. The molecule has 0 bridgehead atoms. The van der Waals surface area contributed by atoms with Crippen LogP contribution in [0.4, 0.5) is 21.8 Å². The number of benzene rings is 2. The van der Waals surface area contributed by atoms with Crippen LogP contribution >= 0.6 is 0 Å². The average Bonchev–Trinajstić information content (AvgIpc) is 2.78. The van der Waals surface area contributed by atoms with Gasteiger partial charge in [-0.05, 0) is 48.7 Å². The Hall–Kier alpha value is -3.15. The topological polar surface area (TPSA) is 44.3 Å². The smallest absolute Gasteiger partial charge is 0.227 e. The predicted molar refractivity (Wildman–Crippen MR) is 116 cm³/mol. The molecule has 1 aliphatic rings. The minimum atomic E-state index is -0.200. The third-order valence-electron chi connectivity index (χ3n) is 5.19. The van der Waals surface area contributed by atoms with Crippen LogP contribution in [0.15, 0.2) is 66.9 Å². The van der Waals surface area contributed by atoms with Crippen LogP contribution in [-0.2, 0) is 6.42 Å². The molecule has 0 radical (unpaired) electrons. The number of hydrogen-bond acceptors (Lipinski definition) is 5. The maximum absolute atomic E-state index is 13.1. The first-order chi connectivity index (χ1) is 14.3. The molecular formula is C23H26FN5. The van der Waals surface area contributed by atoms with Crippen molar-refractivity contribution in [1.29, 1.82) is 0 Å². The molecule has 150 valence electrons. The Bertz CT molecular complexity index is 893. The quantitative estimate of drug-likeness (QED) is 0.617. The van der Waals surface area contributed by atoms with E-state index in [1.54, 1.807) is 0 Å². The van der Waals surface area contributed by atoms with Crippen molar-refractivity contribution in [2.45, 2.75) is 12.8 Å². The molecule has 29 heavy (non-hydrogen) atoms. The second-order valence-corrected chi connectivity index (χ2v) is 7.21. The highest BCUT2D eigenvalue weighted by Crippen LogP contribution is 2.19. The van der Waals surface area contributed by atoms with E-state index in [2.05, 4.69) is 49.4 Å². The van der Waals surface area contributed by atoms with Gasteiger partial charge in [-0.2, -0.15) is 4.98 Å². The molecule has 1 aromatic heterocycles. The summed E-state index contributed by atoms with van der Waals surface area (Å²) >= 11 is 0. The predicted octanol–water partition coefficient (Wildman–Crippen LogP) is 3.99. The standard InChI is InChI=1S/C23H26FN5/c24-20-8-10-21(11-9-20)28-15-17-29(18-16-28)23-26-14-12-22(27-23)25-13-4-7-19-5-2-1-3-6-19/h1-3,5-6,8-12,14H,4,7,13,15-18H2,(H,25,26,27). The van der Waals surface area contributed by atoms with Gasteiger partial charge in [-0.15, -0.1) is 0 Å². The Morgan fingerprint density at radius 1 is 0.862 bits per heavy atom. The summed E-state index contributed by atoms with van der Waals surface area (Å²) < 4.78 is 13.1. The molecule has 0 aliphatic carbocycles. The summed E-state index contributed by atoms with van der Waals surface area (Å²) in [7, 11) is 0. The molecule has 1 fully saturated rings. The lowest BCUT2D eigenvalue weighted by atomic mass is 10.1. The third-order valence-corrected chi connectivity index (χ3v) is 5.19. The van der Waals surface area contributed by atoms with E-state index in [9.17, 15) is 4.39 Å². The van der Waals surface area contributed by atoms with Gasteiger partial charge in [0.25, 0.3) is 0 Å². The molecule has 1 N–H and O–H groups in total. The van der Waals surface area contributed by atoms with Crippen LogP contribution in [0.3, 0.4) is 0 Å². The Kier molecular flexibility index (Phi) is 6.19. The second-order valence-electron chi connectivity index (χ2n) is 7.21. The fourth-order valence-corrected chi connectivity index (χ4v) is 3.57. The first kappa shape index (κ1) is 19.2. The molecule has 6 heteroatoms. The highest BCUT2D eigenvalue weighted by Gasteiger charge is 2.19. The summed E-state index contributed by atoms with van der Waals surface area (Å²) in [4.78, 5) is 13.6. The lowest BCUT2D eigenvalue weighted by molar-refractivity contribution is 0.623. The van der Waals surface area contributed by atoms with Crippen molar-refractivity contribution >= 4 is 17.5 Å². The van der Waals surface area contributed by atoms with Gasteiger partial charge in [-0.25, -0.2) is 9.37 Å². The SMILES string of the molecule is Fc1ccc(N2CCN(c3nccc(NCCCc4ccccc4)n3)CC2)cc1. The van der Waals surface area contributed by atoms with E-state index in [-0.39, 0.29) is 5.82 Å². The molecule has 1 saturated heterocycles. The molecule has 1 aliphatic heterocycles. The molecular weight excluding hydrogens is 365 g/mol. The van der Waals surface area contributed by atoms with Gasteiger partial charge in [0.1, 0.15) is 11.6 Å². The van der Waals surface area contributed by atoms with Crippen LogP contribution in [0.1, 0.15) is 12.0 Å². The highest BCUT2D eigenvalue weighted by atomic mass is 19.1. The molecule has 0 atom stereocenters. The number of hydrogen-bond donors (Lipinski definition) is 1. The Labute approximate surface area is 171 Å². The zero-order valence-electron chi connectivity index (χ0n) is 16.5. The molecule has 2 heterocycles. The molecule has 0 amide bonds. The minimum absolute atomic E-state index is 0.200. The van der Waals surface area contributed by atoms with Crippen molar-refractivity contribution in [3.63, 3.8) is 0 Å². The Morgan fingerprint density at radius 3 is 2.34 bits per heavy atom. The van der Waals surface area contributed by atoms with Gasteiger partial charge >= 0.3 is 0 Å². The highest BCUT2D eigenvalue weighted by molar-refractivity contribution is 5.49. The van der Waals surface area contributed by atoms with Gasteiger partial charge < -0.3 is 15.1 Å². The van der Waals surface area contributed by atoms with Crippen LogP contribution in [0.25, 0.3) is 0 Å². The van der Waals surface area contributed by atoms with Crippen molar-refractivity contribution in [2.75, 3.05) is 47.8 Å². The van der Waals surface area contributed by atoms with Crippen molar-refractivity contribution in [1.82, 2.24) is 9.97 Å². The molecule has 0 unspecified atom stereocenters. The van der Waals surface area contributed by atoms with Gasteiger partial charge in [0, 0.05) is 44.6 Å². The second kappa shape index (κ2) is 9.37. The van der Waals surface area contributed by atoms with Crippen molar-refractivity contribution in [2.24, 2.45) is 0 Å². The van der Waals surface area contributed by atoms with E-state index in [0.29, 0.717) is 0 Å². The van der Waals surface area contributed by atoms with Gasteiger partial charge in [0.2, 0.25) is 5.95 Å². The van der Waals surface area contributed by atoms with Crippen molar-refractivity contribution in [3.05, 3.63) is 78.2 Å². The summed E-state index contributed by atoms with van der Waals surface area (Å²) in [5.41, 5.74) is 2.41. The summed E-state index contributed by atoms with van der Waals surface area (Å²) in [5, 5.41) is 3.41. The van der Waals surface area contributed by atoms with E-state index in [0.717, 1.165) is 63.0 Å². The Morgan fingerprint density at radius 2 is 1.59 bits per heavy atom. The number of piperazine rings is 1. The van der Waals surface area contributed by atoms with Crippen LogP contribution in [0, 0.1) is 5.82 Å². The number of nitrogens with zero attached hydrogens (tertiary/aromatic N) is 4. The molecule has 4 rings (SSSR count). The van der Waals surface area contributed by atoms with Crippen molar-refractivity contribution < 1.29 is 4.39 Å². The summed E-state index contributed by atoms with van der Waals surface area (Å²) in [6.45, 7) is 4.29. The number of anilines is 3. The maximum atomic E-state index is 13.1. The van der Waals surface area contributed by atoms with Gasteiger partial charge in [0.05, 0.1) is 0 Å². The number of halogens is 1. The first-order valence-electron chi connectivity index (χ1n) is 10.1. The fraction of sp³-hybridized carbons (Fsp3) is 0.304. The number of aryl methyl sites for hydroxylation is 1. The lowest BCUT2D eigenvalue weighted by Crippen LogP contribution is -2.47. The summed E-state index contributed by atoms with van der Waals surface area (Å²) in [5.74, 6) is 1.43. The van der Waals surface area contributed by atoms with Crippen molar-refractivity contribution in [3.8, 4) is 0 Å².